The molecular weight excluding hydrogens is 238 g/mol. The van der Waals surface area contributed by atoms with Crippen LogP contribution in [0.4, 0.5) is 8.78 Å². The van der Waals surface area contributed by atoms with Crippen molar-refractivity contribution in [2.75, 3.05) is 13.2 Å². The van der Waals surface area contributed by atoms with Gasteiger partial charge in [-0.1, -0.05) is 0 Å². The van der Waals surface area contributed by atoms with Crippen molar-refractivity contribution < 1.29 is 21.7 Å². The lowest BCUT2D eigenvalue weighted by Crippen LogP contribution is -2.49. The third-order valence-electron chi connectivity index (χ3n) is 1.54. The molecule has 0 aliphatic carbocycles. The fourth-order valence-electron chi connectivity index (χ4n) is 1.26. The molecule has 0 aromatic rings. The first-order valence-electron chi connectivity index (χ1n) is 4.95. The van der Waals surface area contributed by atoms with Crippen LogP contribution in [0.5, 0.6) is 0 Å². The molecule has 0 bridgehead atoms. The summed E-state index contributed by atoms with van der Waals surface area (Å²) in [6.45, 7) is 9.17. The SMILES string of the molecule is CCO[Si](C)(C)O[Si](C)(C)OCC(F)F. The van der Waals surface area contributed by atoms with Crippen molar-refractivity contribution in [3.8, 4) is 0 Å². The van der Waals surface area contributed by atoms with E-state index >= 15 is 0 Å². The lowest BCUT2D eigenvalue weighted by atomic mass is 10.8. The Bertz CT molecular complexity index is 189. The van der Waals surface area contributed by atoms with Crippen molar-refractivity contribution in [2.45, 2.75) is 39.5 Å². The molecule has 0 amide bonds. The third-order valence-corrected chi connectivity index (χ3v) is 7.32. The van der Waals surface area contributed by atoms with Gasteiger partial charge in [0.25, 0.3) is 6.43 Å². The number of rotatable bonds is 7. The van der Waals surface area contributed by atoms with Crippen LogP contribution in [-0.2, 0) is 13.0 Å². The molecule has 0 unspecified atom stereocenters. The Morgan fingerprint density at radius 1 is 1.00 bits per heavy atom. The Morgan fingerprint density at radius 3 is 1.87 bits per heavy atom. The normalized spacial score (nSPS) is 13.6. The van der Waals surface area contributed by atoms with Gasteiger partial charge in [-0.2, -0.15) is 0 Å². The second-order valence-corrected chi connectivity index (χ2v) is 11.0. The van der Waals surface area contributed by atoms with Gasteiger partial charge >= 0.3 is 17.1 Å². The Labute approximate surface area is 92.2 Å². The van der Waals surface area contributed by atoms with Crippen molar-refractivity contribution in [3.63, 3.8) is 0 Å². The summed E-state index contributed by atoms with van der Waals surface area (Å²) in [5.74, 6) is 0. The summed E-state index contributed by atoms with van der Waals surface area (Å²) in [6.07, 6.45) is -2.45. The van der Waals surface area contributed by atoms with Gasteiger partial charge in [-0.15, -0.1) is 0 Å². The summed E-state index contributed by atoms with van der Waals surface area (Å²) in [7, 11) is -4.70. The molecule has 0 aromatic heterocycles. The van der Waals surface area contributed by atoms with Crippen LogP contribution in [0.1, 0.15) is 6.92 Å². The molecule has 7 heteroatoms. The molecule has 0 aromatic carbocycles. The topological polar surface area (TPSA) is 27.7 Å². The summed E-state index contributed by atoms with van der Waals surface area (Å²) in [5, 5.41) is 0. The smallest absolute Gasteiger partial charge is 0.323 e. The van der Waals surface area contributed by atoms with E-state index in [9.17, 15) is 8.78 Å². The van der Waals surface area contributed by atoms with Gasteiger partial charge in [-0.3, -0.25) is 0 Å². The fraction of sp³-hybridized carbons (Fsp3) is 1.00. The largest absolute Gasteiger partial charge is 0.415 e. The summed E-state index contributed by atoms with van der Waals surface area (Å²) in [6, 6.07) is 0. The van der Waals surface area contributed by atoms with Crippen LogP contribution >= 0.6 is 0 Å². The Morgan fingerprint density at radius 2 is 1.47 bits per heavy atom. The molecule has 0 aliphatic rings. The first kappa shape index (κ1) is 15.2. The highest BCUT2D eigenvalue weighted by Gasteiger charge is 2.36. The van der Waals surface area contributed by atoms with Gasteiger partial charge < -0.3 is 13.0 Å². The molecule has 92 valence electrons. The molecule has 0 saturated heterocycles. The lowest BCUT2D eigenvalue weighted by Gasteiger charge is -2.32. The van der Waals surface area contributed by atoms with Crippen LogP contribution in [-0.4, -0.2) is 36.8 Å². The summed E-state index contributed by atoms with van der Waals surface area (Å²) >= 11 is 0. The molecular formula is C8H20F2O3Si2. The highest BCUT2D eigenvalue weighted by molar-refractivity contribution is 6.78. The standard InChI is InChI=1S/C8H20F2O3Si2/c1-6-11-14(2,3)13-15(4,5)12-7-8(9)10/h8H,6-7H2,1-5H3. The molecule has 0 heterocycles. The van der Waals surface area contributed by atoms with Crippen molar-refractivity contribution >= 4 is 17.1 Å². The highest BCUT2D eigenvalue weighted by atomic mass is 28.5. The van der Waals surface area contributed by atoms with Gasteiger partial charge in [-0.05, 0) is 33.1 Å². The molecule has 3 nitrogen and oxygen atoms in total. The molecule has 15 heavy (non-hydrogen) atoms. The van der Waals surface area contributed by atoms with Crippen molar-refractivity contribution in [2.24, 2.45) is 0 Å². The zero-order valence-electron chi connectivity index (χ0n) is 9.97. The van der Waals surface area contributed by atoms with Crippen LogP contribution in [0, 0.1) is 0 Å². The van der Waals surface area contributed by atoms with Crippen LogP contribution in [0.15, 0.2) is 0 Å². The zero-order valence-corrected chi connectivity index (χ0v) is 12.0. The third kappa shape index (κ3) is 8.03. The molecule has 0 aliphatic heterocycles. The van der Waals surface area contributed by atoms with Crippen molar-refractivity contribution in [1.82, 2.24) is 0 Å². The van der Waals surface area contributed by atoms with Gasteiger partial charge in [0.2, 0.25) is 0 Å². The Hall–Kier alpha value is 0.174. The lowest BCUT2D eigenvalue weighted by molar-refractivity contribution is 0.0648. The number of halogens is 2. The molecule has 0 saturated carbocycles. The van der Waals surface area contributed by atoms with Crippen LogP contribution in [0.3, 0.4) is 0 Å². The van der Waals surface area contributed by atoms with E-state index in [-0.39, 0.29) is 0 Å². The first-order valence-corrected chi connectivity index (χ1v) is 10.6. The van der Waals surface area contributed by atoms with E-state index < -0.39 is 30.2 Å². The highest BCUT2D eigenvalue weighted by Crippen LogP contribution is 2.17. The summed E-state index contributed by atoms with van der Waals surface area (Å²) < 4.78 is 40.2. The Balaban J connectivity index is 4.11. The molecule has 0 rings (SSSR count). The maximum atomic E-state index is 12.0. The monoisotopic (exact) mass is 258 g/mol. The second kappa shape index (κ2) is 6.04. The number of hydrogen-bond acceptors (Lipinski definition) is 3. The van der Waals surface area contributed by atoms with Crippen LogP contribution < -0.4 is 0 Å². The average molecular weight is 258 g/mol. The van der Waals surface area contributed by atoms with Gasteiger partial charge in [0.05, 0.1) is 6.61 Å². The predicted octanol–water partition coefficient (Wildman–Crippen LogP) is 2.72. The van der Waals surface area contributed by atoms with E-state index in [1.807, 2.05) is 20.0 Å². The minimum atomic E-state index is -2.48. The van der Waals surface area contributed by atoms with Gasteiger partial charge in [0.1, 0.15) is 0 Å². The maximum Gasteiger partial charge on any atom is 0.323 e. The average Bonchev–Trinajstić information content (AvgIpc) is 1.98. The van der Waals surface area contributed by atoms with Crippen molar-refractivity contribution in [1.29, 1.82) is 0 Å². The van der Waals surface area contributed by atoms with Gasteiger partial charge in [0, 0.05) is 6.61 Å². The second-order valence-electron chi connectivity index (χ2n) is 4.04. The fourth-order valence-corrected chi connectivity index (χ4v) is 7.69. The number of hydrogen-bond donors (Lipinski definition) is 0. The van der Waals surface area contributed by atoms with Crippen LogP contribution in [0.2, 0.25) is 26.2 Å². The van der Waals surface area contributed by atoms with Gasteiger partial charge in [0.15, 0.2) is 0 Å². The summed E-state index contributed by atoms with van der Waals surface area (Å²) in [5.41, 5.74) is 0. The molecule has 0 fully saturated rings. The minimum Gasteiger partial charge on any atom is -0.415 e. The van der Waals surface area contributed by atoms with E-state index in [0.29, 0.717) is 6.61 Å². The van der Waals surface area contributed by atoms with E-state index in [2.05, 4.69) is 0 Å². The van der Waals surface area contributed by atoms with E-state index in [1.54, 1.807) is 13.1 Å². The zero-order chi connectivity index (χ0) is 12.1. The minimum absolute atomic E-state index is 0.560. The molecule has 0 spiro atoms. The van der Waals surface area contributed by atoms with E-state index in [1.165, 1.54) is 0 Å². The molecule has 0 radical (unpaired) electrons. The first-order chi connectivity index (χ1) is 6.68. The number of alkyl halides is 2. The predicted molar refractivity (Wildman–Crippen MR) is 59.6 cm³/mol. The van der Waals surface area contributed by atoms with Gasteiger partial charge in [-0.25, -0.2) is 8.78 Å². The summed E-state index contributed by atoms with van der Waals surface area (Å²) in [4.78, 5) is 0. The molecule has 0 atom stereocenters. The van der Waals surface area contributed by atoms with Crippen molar-refractivity contribution in [3.05, 3.63) is 0 Å². The quantitative estimate of drug-likeness (QED) is 0.657. The maximum absolute atomic E-state index is 12.0. The van der Waals surface area contributed by atoms with E-state index in [4.69, 9.17) is 13.0 Å². The van der Waals surface area contributed by atoms with Crippen LogP contribution in [0.25, 0.3) is 0 Å². The molecule has 0 N–H and O–H groups in total. The Kier molecular flexibility index (Phi) is 6.11. The van der Waals surface area contributed by atoms with E-state index in [0.717, 1.165) is 0 Å².